The van der Waals surface area contributed by atoms with Crippen LogP contribution in [-0.4, -0.2) is 23.7 Å². The number of fused-ring (bicyclic) bond motifs is 3. The van der Waals surface area contributed by atoms with E-state index in [0.29, 0.717) is 27.7 Å². The van der Waals surface area contributed by atoms with Crippen LogP contribution >= 0.6 is 46.4 Å². The maximum absolute atomic E-state index is 11.5. The minimum atomic E-state index is -1.15. The molecule has 0 spiro atoms. The van der Waals surface area contributed by atoms with Gasteiger partial charge in [0, 0.05) is 19.9 Å². The fourth-order valence-corrected chi connectivity index (χ4v) is 4.58. The summed E-state index contributed by atoms with van der Waals surface area (Å²) in [7, 11) is 0. The van der Waals surface area contributed by atoms with Gasteiger partial charge in [-0.25, -0.2) is 4.79 Å². The molecular weight excluding hydrogens is 434 g/mol. The maximum atomic E-state index is 11.5. The Balaban J connectivity index is 2.21. The largest absolute Gasteiger partial charge is 0.465 e. The number of rotatable bonds is 3. The molecule has 0 bridgehead atoms. The lowest BCUT2D eigenvalue weighted by atomic mass is 10.0. The molecule has 5 nitrogen and oxygen atoms in total. The number of halogens is 4. The molecule has 2 amide bonds. The van der Waals surface area contributed by atoms with E-state index in [1.807, 2.05) is 0 Å². The van der Waals surface area contributed by atoms with Crippen LogP contribution in [0.25, 0.3) is 11.1 Å². The summed E-state index contributed by atoms with van der Waals surface area (Å²) in [4.78, 5) is 24.0. The average molecular weight is 448 g/mol. The Bertz CT molecular complexity index is 992. The van der Waals surface area contributed by atoms with Crippen molar-refractivity contribution in [1.82, 2.24) is 0 Å². The minimum Gasteiger partial charge on any atom is -0.465 e. The van der Waals surface area contributed by atoms with Crippen LogP contribution in [0.1, 0.15) is 25.0 Å². The number of hydrogen-bond acceptors (Lipinski definition) is 2. The summed E-state index contributed by atoms with van der Waals surface area (Å²) in [5.41, 5.74) is 3.52. The predicted octanol–water partition coefficient (Wildman–Crippen LogP) is 6.33. The fourth-order valence-electron chi connectivity index (χ4n) is 3.24. The second-order valence-corrected chi connectivity index (χ2v) is 7.58. The molecule has 1 aliphatic carbocycles. The van der Waals surface area contributed by atoms with Crippen LogP contribution in [0.2, 0.25) is 20.1 Å². The van der Waals surface area contributed by atoms with Gasteiger partial charge in [0.2, 0.25) is 5.91 Å². The van der Waals surface area contributed by atoms with Gasteiger partial charge in [-0.3, -0.25) is 9.69 Å². The van der Waals surface area contributed by atoms with Crippen LogP contribution < -0.4 is 10.2 Å². The number of nitrogens with zero attached hydrogens (tertiary/aromatic N) is 1. The zero-order chi connectivity index (χ0) is 20.0. The van der Waals surface area contributed by atoms with Crippen molar-refractivity contribution in [3.63, 3.8) is 0 Å². The van der Waals surface area contributed by atoms with Crippen molar-refractivity contribution in [3.05, 3.63) is 43.4 Å². The molecule has 0 aliphatic heterocycles. The molecule has 0 unspecified atom stereocenters. The molecule has 142 valence electrons. The Morgan fingerprint density at radius 3 is 2.15 bits per heavy atom. The molecule has 0 aromatic heterocycles. The molecule has 2 N–H and O–H groups in total. The summed E-state index contributed by atoms with van der Waals surface area (Å²) >= 11 is 25.7. The fraction of sp³-hybridized carbons (Fsp3) is 0.222. The van der Waals surface area contributed by atoms with Crippen molar-refractivity contribution < 1.29 is 14.7 Å². The van der Waals surface area contributed by atoms with Crippen LogP contribution in [-0.2, 0) is 11.2 Å². The molecule has 0 radical (unpaired) electrons. The van der Waals surface area contributed by atoms with Crippen molar-refractivity contribution in [3.8, 4) is 11.1 Å². The number of hydrogen-bond donors (Lipinski definition) is 2. The standard InChI is InChI=1S/C18H14Cl4N2O3/c1-3-24(18(26)27)17-13(20)6-9-8-5-12(19)16(23-7(2)25)14(21)10(8)4-11(9)15(17)22/h5-6H,3-4H2,1-2H3,(H,23,25)(H,26,27). The molecule has 0 saturated heterocycles. The van der Waals surface area contributed by atoms with Gasteiger partial charge in [0.15, 0.2) is 0 Å². The Hall–Kier alpha value is -1.66. The number of carboxylic acid groups (broad SMARTS) is 1. The van der Waals surface area contributed by atoms with E-state index in [2.05, 4.69) is 5.32 Å². The first-order valence-corrected chi connectivity index (χ1v) is 9.48. The molecule has 0 atom stereocenters. The molecule has 2 aromatic carbocycles. The van der Waals surface area contributed by atoms with Gasteiger partial charge in [0.05, 0.1) is 31.5 Å². The van der Waals surface area contributed by atoms with E-state index in [4.69, 9.17) is 46.4 Å². The van der Waals surface area contributed by atoms with E-state index in [0.717, 1.165) is 21.6 Å². The summed E-state index contributed by atoms with van der Waals surface area (Å²) in [6, 6.07) is 3.36. The molecule has 0 fully saturated rings. The van der Waals surface area contributed by atoms with Crippen LogP contribution in [0.15, 0.2) is 12.1 Å². The normalized spacial score (nSPS) is 11.8. The van der Waals surface area contributed by atoms with E-state index < -0.39 is 6.09 Å². The summed E-state index contributed by atoms with van der Waals surface area (Å²) in [5.74, 6) is -0.294. The number of benzene rings is 2. The lowest BCUT2D eigenvalue weighted by Crippen LogP contribution is -2.29. The van der Waals surface area contributed by atoms with Crippen molar-refractivity contribution >= 4 is 69.8 Å². The third kappa shape index (κ3) is 3.34. The third-order valence-electron chi connectivity index (χ3n) is 4.38. The lowest BCUT2D eigenvalue weighted by molar-refractivity contribution is -0.114. The van der Waals surface area contributed by atoms with Crippen LogP contribution in [0.4, 0.5) is 16.2 Å². The van der Waals surface area contributed by atoms with E-state index in [9.17, 15) is 14.7 Å². The highest BCUT2D eigenvalue weighted by molar-refractivity contribution is 6.43. The quantitative estimate of drug-likeness (QED) is 0.492. The van der Waals surface area contributed by atoms with Crippen LogP contribution in [0, 0.1) is 0 Å². The van der Waals surface area contributed by atoms with Gasteiger partial charge in [-0.15, -0.1) is 0 Å². The molecule has 1 aliphatic rings. The first-order chi connectivity index (χ1) is 12.7. The highest BCUT2D eigenvalue weighted by Gasteiger charge is 2.31. The Labute approximate surface area is 175 Å². The van der Waals surface area contributed by atoms with E-state index in [-0.39, 0.29) is 28.2 Å². The van der Waals surface area contributed by atoms with Gasteiger partial charge in [-0.2, -0.15) is 0 Å². The Morgan fingerprint density at radius 2 is 1.63 bits per heavy atom. The zero-order valence-corrected chi connectivity index (χ0v) is 17.3. The van der Waals surface area contributed by atoms with Gasteiger partial charge in [0.1, 0.15) is 0 Å². The van der Waals surface area contributed by atoms with Gasteiger partial charge in [-0.1, -0.05) is 46.4 Å². The second-order valence-electron chi connectivity index (χ2n) is 6.01. The first-order valence-electron chi connectivity index (χ1n) is 7.97. The molecule has 2 aromatic rings. The van der Waals surface area contributed by atoms with E-state index in [1.54, 1.807) is 19.1 Å². The van der Waals surface area contributed by atoms with Gasteiger partial charge < -0.3 is 10.4 Å². The summed E-state index contributed by atoms with van der Waals surface area (Å²) in [6.45, 7) is 3.25. The number of anilines is 2. The van der Waals surface area contributed by atoms with Gasteiger partial charge in [0.25, 0.3) is 0 Å². The maximum Gasteiger partial charge on any atom is 0.411 e. The van der Waals surface area contributed by atoms with Gasteiger partial charge >= 0.3 is 6.09 Å². The molecule has 0 heterocycles. The Morgan fingerprint density at radius 1 is 1.07 bits per heavy atom. The van der Waals surface area contributed by atoms with Crippen molar-refractivity contribution in [2.45, 2.75) is 20.3 Å². The number of amides is 2. The highest BCUT2D eigenvalue weighted by atomic mass is 35.5. The summed E-state index contributed by atoms with van der Waals surface area (Å²) in [6.07, 6.45) is -0.779. The molecule has 0 saturated carbocycles. The summed E-state index contributed by atoms with van der Waals surface area (Å²) in [5, 5.41) is 13.1. The number of carbonyl (C=O) groups is 2. The zero-order valence-electron chi connectivity index (χ0n) is 14.3. The summed E-state index contributed by atoms with van der Waals surface area (Å²) < 4.78 is 0. The third-order valence-corrected chi connectivity index (χ3v) is 5.79. The first kappa shape index (κ1) is 20.1. The number of carbonyl (C=O) groups excluding carboxylic acids is 1. The second kappa shape index (κ2) is 7.40. The molecular formula is C18H14Cl4N2O3. The van der Waals surface area contributed by atoms with Crippen molar-refractivity contribution in [1.29, 1.82) is 0 Å². The minimum absolute atomic E-state index is 0.194. The smallest absolute Gasteiger partial charge is 0.411 e. The molecule has 27 heavy (non-hydrogen) atoms. The van der Waals surface area contributed by atoms with E-state index >= 15 is 0 Å². The highest BCUT2D eigenvalue weighted by Crippen LogP contribution is 2.51. The number of nitrogens with one attached hydrogen (secondary N) is 1. The Kier molecular flexibility index (Phi) is 5.50. The van der Waals surface area contributed by atoms with Crippen molar-refractivity contribution in [2.75, 3.05) is 16.8 Å². The molecule has 3 rings (SSSR count). The SMILES string of the molecule is CCN(C(=O)O)c1c(Cl)cc2c(c1Cl)Cc1c-2cc(Cl)c(NC(C)=O)c1Cl. The monoisotopic (exact) mass is 446 g/mol. The van der Waals surface area contributed by atoms with Crippen LogP contribution in [0.3, 0.4) is 0 Å². The van der Waals surface area contributed by atoms with E-state index in [1.165, 1.54) is 6.92 Å². The average Bonchev–Trinajstić information content (AvgIpc) is 2.93. The lowest BCUT2D eigenvalue weighted by Gasteiger charge is -2.21. The van der Waals surface area contributed by atoms with Crippen molar-refractivity contribution in [2.24, 2.45) is 0 Å². The van der Waals surface area contributed by atoms with Gasteiger partial charge in [-0.05, 0) is 41.3 Å². The molecule has 9 heteroatoms. The predicted molar refractivity (Wildman–Crippen MR) is 110 cm³/mol. The topological polar surface area (TPSA) is 69.6 Å². The van der Waals surface area contributed by atoms with Crippen LogP contribution in [0.5, 0.6) is 0 Å².